The third kappa shape index (κ3) is 5.26. The van der Waals surface area contributed by atoms with Crippen molar-refractivity contribution in [2.24, 2.45) is 0 Å². The number of nitrogens with one attached hydrogen (secondary N) is 2. The highest BCUT2D eigenvalue weighted by atomic mass is 32.2. The second-order valence-electron chi connectivity index (χ2n) is 6.13. The Morgan fingerprint density at radius 3 is 2.17 bits per heavy atom. The van der Waals surface area contributed by atoms with Crippen LogP contribution in [0.2, 0.25) is 0 Å². The number of hydrogen-bond acceptors (Lipinski definition) is 7. The number of urea groups is 1. The molecule has 0 aromatic heterocycles. The van der Waals surface area contributed by atoms with Gasteiger partial charge in [0, 0.05) is 30.9 Å². The third-order valence-electron chi connectivity index (χ3n) is 4.45. The maximum Gasteiger partial charge on any atom is 0.333 e. The Morgan fingerprint density at radius 1 is 0.933 bits per heavy atom. The first-order valence-corrected chi connectivity index (χ1v) is 10.8. The highest BCUT2D eigenvalue weighted by molar-refractivity contribution is 7.90. The highest BCUT2D eigenvalue weighted by Crippen LogP contribution is 2.31. The molecule has 30 heavy (non-hydrogen) atoms. The zero-order valence-electron chi connectivity index (χ0n) is 17.7. The largest absolute Gasteiger partial charge is 0.497 e. The molecule has 0 aliphatic carbocycles. The Labute approximate surface area is 177 Å². The Kier molecular flexibility index (Phi) is 7.76. The van der Waals surface area contributed by atoms with Gasteiger partial charge in [0.05, 0.1) is 27.0 Å². The van der Waals surface area contributed by atoms with E-state index in [2.05, 4.69) is 10.2 Å². The van der Waals surface area contributed by atoms with E-state index in [1.807, 2.05) is 24.6 Å². The van der Waals surface area contributed by atoms with Gasteiger partial charge in [-0.1, -0.05) is 0 Å². The monoisotopic (exact) mass is 437 g/mol. The fraction of sp³-hybridized carbons (Fsp3) is 0.350. The molecule has 2 N–H and O–H groups in total. The van der Waals surface area contributed by atoms with Crippen molar-refractivity contribution in [1.29, 1.82) is 0 Å². The highest BCUT2D eigenvalue weighted by Gasteiger charge is 2.23. The van der Waals surface area contributed by atoms with E-state index in [1.165, 1.54) is 33.5 Å². The van der Waals surface area contributed by atoms with E-state index >= 15 is 0 Å². The van der Waals surface area contributed by atoms with Crippen LogP contribution in [0.5, 0.6) is 17.2 Å². The molecule has 0 unspecified atom stereocenters. The van der Waals surface area contributed by atoms with Crippen LogP contribution in [0.15, 0.2) is 41.3 Å². The molecule has 0 aliphatic rings. The summed E-state index contributed by atoms with van der Waals surface area (Å²) in [5, 5.41) is 2.51. The van der Waals surface area contributed by atoms with Crippen LogP contribution in [0, 0.1) is 0 Å². The van der Waals surface area contributed by atoms with Crippen molar-refractivity contribution < 1.29 is 27.4 Å². The minimum atomic E-state index is -4.22. The van der Waals surface area contributed by atoms with Gasteiger partial charge in [0.2, 0.25) is 0 Å². The van der Waals surface area contributed by atoms with E-state index in [1.54, 1.807) is 18.2 Å². The lowest BCUT2D eigenvalue weighted by molar-refractivity contribution is 0.256. The molecule has 2 amide bonds. The summed E-state index contributed by atoms with van der Waals surface area (Å²) in [6.07, 6.45) is 0. The van der Waals surface area contributed by atoms with Crippen molar-refractivity contribution >= 4 is 27.4 Å². The first-order valence-electron chi connectivity index (χ1n) is 9.28. The van der Waals surface area contributed by atoms with Crippen LogP contribution in [0.4, 0.5) is 16.2 Å². The lowest BCUT2D eigenvalue weighted by Crippen LogP contribution is -2.34. The lowest BCUT2D eigenvalue weighted by atomic mass is 10.2. The summed E-state index contributed by atoms with van der Waals surface area (Å²) in [7, 11) is 0.0000949. The second-order valence-corrected chi connectivity index (χ2v) is 7.78. The first-order chi connectivity index (χ1) is 14.3. The van der Waals surface area contributed by atoms with E-state index < -0.39 is 16.1 Å². The van der Waals surface area contributed by atoms with Crippen molar-refractivity contribution in [3.8, 4) is 17.2 Å². The number of benzene rings is 2. The molecule has 164 valence electrons. The number of methoxy groups -OCH3 is 3. The summed E-state index contributed by atoms with van der Waals surface area (Å²) in [6, 6.07) is 8.60. The summed E-state index contributed by atoms with van der Waals surface area (Å²) in [5.41, 5.74) is 1.26. The second kappa shape index (κ2) is 10.1. The van der Waals surface area contributed by atoms with Crippen molar-refractivity contribution in [2.45, 2.75) is 18.7 Å². The molecule has 0 aliphatic heterocycles. The van der Waals surface area contributed by atoms with Gasteiger partial charge in [-0.25, -0.2) is 17.9 Å². The van der Waals surface area contributed by atoms with E-state index in [0.29, 0.717) is 17.2 Å². The molecule has 10 heteroatoms. The van der Waals surface area contributed by atoms with Crippen molar-refractivity contribution in [2.75, 3.05) is 44.6 Å². The predicted octanol–water partition coefficient (Wildman–Crippen LogP) is 3.07. The average molecular weight is 438 g/mol. The smallest absolute Gasteiger partial charge is 0.333 e. The lowest BCUT2D eigenvalue weighted by Gasteiger charge is -2.22. The molecule has 0 saturated carbocycles. The minimum Gasteiger partial charge on any atom is -0.497 e. The zero-order chi connectivity index (χ0) is 22.3. The summed E-state index contributed by atoms with van der Waals surface area (Å²) in [5.74, 6) is 0.799. The number of rotatable bonds is 9. The normalized spacial score (nSPS) is 10.8. The van der Waals surface area contributed by atoms with Gasteiger partial charge in [-0.3, -0.25) is 0 Å². The fourth-order valence-corrected chi connectivity index (χ4v) is 3.98. The molecule has 2 aromatic rings. The van der Waals surface area contributed by atoms with Gasteiger partial charge in [-0.15, -0.1) is 0 Å². The summed E-state index contributed by atoms with van der Waals surface area (Å²) >= 11 is 0. The van der Waals surface area contributed by atoms with Gasteiger partial charge in [0.25, 0.3) is 10.0 Å². The van der Waals surface area contributed by atoms with Gasteiger partial charge in [-0.2, -0.15) is 0 Å². The van der Waals surface area contributed by atoms with Crippen LogP contribution in [0.25, 0.3) is 0 Å². The van der Waals surface area contributed by atoms with Gasteiger partial charge in [-0.05, 0) is 38.1 Å². The molecule has 9 nitrogen and oxygen atoms in total. The Morgan fingerprint density at radius 2 is 1.60 bits per heavy atom. The van der Waals surface area contributed by atoms with E-state index in [9.17, 15) is 13.2 Å². The van der Waals surface area contributed by atoms with Crippen molar-refractivity contribution in [3.63, 3.8) is 0 Å². The van der Waals surface area contributed by atoms with Crippen LogP contribution in [-0.4, -0.2) is 48.9 Å². The number of ether oxygens (including phenoxy) is 3. The molecule has 0 saturated heterocycles. The fourth-order valence-electron chi connectivity index (χ4n) is 2.89. The van der Waals surface area contributed by atoms with E-state index in [0.717, 1.165) is 18.8 Å². The third-order valence-corrected chi connectivity index (χ3v) is 5.80. The minimum absolute atomic E-state index is 0.0808. The van der Waals surface area contributed by atoms with Crippen LogP contribution < -0.4 is 29.1 Å². The van der Waals surface area contributed by atoms with Crippen molar-refractivity contribution in [1.82, 2.24) is 4.72 Å². The zero-order valence-corrected chi connectivity index (χ0v) is 18.5. The standard InChI is InChI=1S/C20H27N3O6S/c1-6-23(7-2)14-8-10-16(18(12-14)29-5)21-20(24)22-30(25,26)19-13-15(27-3)9-11-17(19)28-4/h8-13H,6-7H2,1-5H3,(H2,21,22,24). The molecule has 0 spiro atoms. The van der Waals surface area contributed by atoms with E-state index in [-0.39, 0.29) is 10.6 Å². The molecular formula is C20H27N3O6S. The number of amides is 2. The topological polar surface area (TPSA) is 106 Å². The maximum atomic E-state index is 12.7. The van der Waals surface area contributed by atoms with Gasteiger partial charge in [0.1, 0.15) is 22.1 Å². The number of anilines is 2. The van der Waals surface area contributed by atoms with Crippen LogP contribution in [-0.2, 0) is 10.0 Å². The first kappa shape index (κ1) is 23.1. The summed E-state index contributed by atoms with van der Waals surface area (Å²) in [6.45, 7) is 5.70. The van der Waals surface area contributed by atoms with Crippen LogP contribution in [0.1, 0.15) is 13.8 Å². The quantitative estimate of drug-likeness (QED) is 0.621. The molecular weight excluding hydrogens is 410 g/mol. The molecule has 0 heterocycles. The number of carbonyl (C=O) groups excluding carboxylic acids is 1. The molecule has 0 bridgehead atoms. The molecule has 0 atom stereocenters. The number of sulfonamides is 1. The molecule has 0 radical (unpaired) electrons. The molecule has 0 fully saturated rings. The molecule has 2 aromatic carbocycles. The van der Waals surface area contributed by atoms with Crippen LogP contribution in [0.3, 0.4) is 0 Å². The van der Waals surface area contributed by atoms with Gasteiger partial charge < -0.3 is 24.4 Å². The number of carbonyl (C=O) groups is 1. The summed E-state index contributed by atoms with van der Waals surface area (Å²) in [4.78, 5) is 14.3. The number of nitrogens with zero attached hydrogens (tertiary/aromatic N) is 1. The average Bonchev–Trinajstić information content (AvgIpc) is 2.74. The SMILES string of the molecule is CCN(CC)c1ccc(NC(=O)NS(=O)(=O)c2cc(OC)ccc2OC)c(OC)c1. The number of hydrogen-bond donors (Lipinski definition) is 2. The Bertz CT molecular complexity index is 990. The van der Waals surface area contributed by atoms with Crippen LogP contribution >= 0.6 is 0 Å². The molecule has 2 rings (SSSR count). The van der Waals surface area contributed by atoms with Gasteiger partial charge >= 0.3 is 6.03 Å². The summed E-state index contributed by atoms with van der Waals surface area (Å²) < 4.78 is 42.9. The van der Waals surface area contributed by atoms with E-state index in [4.69, 9.17) is 14.2 Å². The predicted molar refractivity (Wildman–Crippen MR) is 115 cm³/mol. The maximum absolute atomic E-state index is 12.7. The Balaban J connectivity index is 2.25. The Hall–Kier alpha value is -3.14. The van der Waals surface area contributed by atoms with Crippen molar-refractivity contribution in [3.05, 3.63) is 36.4 Å². The van der Waals surface area contributed by atoms with Gasteiger partial charge in [0.15, 0.2) is 0 Å².